The summed E-state index contributed by atoms with van der Waals surface area (Å²) in [4.78, 5) is 27.5. The number of rotatable bonds is 8. The highest BCUT2D eigenvalue weighted by Crippen LogP contribution is 2.31. The van der Waals surface area contributed by atoms with Gasteiger partial charge in [0.15, 0.2) is 11.5 Å². The van der Waals surface area contributed by atoms with Crippen LogP contribution in [0.2, 0.25) is 10.0 Å². The van der Waals surface area contributed by atoms with Gasteiger partial charge in [-0.15, -0.1) is 0 Å². The van der Waals surface area contributed by atoms with Crippen molar-refractivity contribution in [2.45, 2.75) is 52.2 Å². The van der Waals surface area contributed by atoms with Crippen LogP contribution in [0.15, 0.2) is 36.4 Å². The molecular formula is C24H28Cl2N2O4. The highest BCUT2D eigenvalue weighted by molar-refractivity contribution is 6.42. The third-order valence-electron chi connectivity index (χ3n) is 5.17. The average Bonchev–Trinajstić information content (AvgIpc) is 2.77. The third-order valence-corrected chi connectivity index (χ3v) is 5.91. The summed E-state index contributed by atoms with van der Waals surface area (Å²) in [5.41, 5.74) is 1.77. The van der Waals surface area contributed by atoms with E-state index >= 15 is 0 Å². The van der Waals surface area contributed by atoms with Crippen LogP contribution < -0.4 is 14.8 Å². The van der Waals surface area contributed by atoms with Crippen molar-refractivity contribution in [2.24, 2.45) is 0 Å². The summed E-state index contributed by atoms with van der Waals surface area (Å²) >= 11 is 12.2. The molecule has 0 spiro atoms. The van der Waals surface area contributed by atoms with Gasteiger partial charge in [-0.3, -0.25) is 9.59 Å². The summed E-state index contributed by atoms with van der Waals surface area (Å²) in [7, 11) is 0. The van der Waals surface area contributed by atoms with E-state index in [2.05, 4.69) is 5.32 Å². The van der Waals surface area contributed by atoms with E-state index in [0.29, 0.717) is 41.2 Å². The molecule has 1 aliphatic rings. The minimum absolute atomic E-state index is 0.0235. The molecule has 0 fully saturated rings. The minimum atomic E-state index is -0.639. The maximum Gasteiger partial charge on any atom is 0.242 e. The molecule has 1 N–H and O–H groups in total. The van der Waals surface area contributed by atoms with Crippen molar-refractivity contribution in [3.8, 4) is 11.5 Å². The smallest absolute Gasteiger partial charge is 0.242 e. The van der Waals surface area contributed by atoms with Crippen molar-refractivity contribution in [1.82, 2.24) is 10.2 Å². The highest BCUT2D eigenvalue weighted by Gasteiger charge is 2.26. The number of ether oxygens (including phenoxy) is 2. The lowest BCUT2D eigenvalue weighted by molar-refractivity contribution is -0.140. The topological polar surface area (TPSA) is 67.9 Å². The summed E-state index contributed by atoms with van der Waals surface area (Å²) < 4.78 is 11.2. The van der Waals surface area contributed by atoms with E-state index < -0.39 is 6.04 Å². The zero-order valence-corrected chi connectivity index (χ0v) is 20.0. The first-order valence-corrected chi connectivity index (χ1v) is 11.4. The predicted octanol–water partition coefficient (Wildman–Crippen LogP) is 4.64. The zero-order chi connectivity index (χ0) is 23.3. The van der Waals surface area contributed by atoms with Gasteiger partial charge in [-0.1, -0.05) is 35.3 Å². The van der Waals surface area contributed by atoms with Gasteiger partial charge < -0.3 is 19.7 Å². The molecule has 8 heteroatoms. The van der Waals surface area contributed by atoms with Gasteiger partial charge in [0.1, 0.15) is 19.3 Å². The lowest BCUT2D eigenvalue weighted by Crippen LogP contribution is -2.49. The molecule has 0 bridgehead atoms. The first-order valence-electron chi connectivity index (χ1n) is 10.7. The molecule has 6 nitrogen and oxygen atoms in total. The van der Waals surface area contributed by atoms with Gasteiger partial charge in [0, 0.05) is 19.0 Å². The van der Waals surface area contributed by atoms with Crippen molar-refractivity contribution >= 4 is 35.0 Å². The Hall–Kier alpha value is -2.44. The molecular weight excluding hydrogens is 451 g/mol. The Morgan fingerprint density at radius 3 is 2.34 bits per heavy atom. The highest BCUT2D eigenvalue weighted by atomic mass is 35.5. The van der Waals surface area contributed by atoms with E-state index in [4.69, 9.17) is 32.7 Å². The third kappa shape index (κ3) is 6.30. The number of halogens is 2. The van der Waals surface area contributed by atoms with E-state index in [0.717, 1.165) is 11.1 Å². The quantitative estimate of drug-likeness (QED) is 0.599. The molecule has 0 aliphatic carbocycles. The molecule has 32 heavy (non-hydrogen) atoms. The lowest BCUT2D eigenvalue weighted by atomic mass is 10.1. The van der Waals surface area contributed by atoms with Gasteiger partial charge in [-0.05, 0) is 62.6 Å². The molecule has 2 amide bonds. The first kappa shape index (κ1) is 24.2. The van der Waals surface area contributed by atoms with E-state index in [1.165, 1.54) is 0 Å². The number of nitrogens with one attached hydrogen (secondary N) is 1. The Kier molecular flexibility index (Phi) is 8.26. The second-order valence-corrected chi connectivity index (χ2v) is 8.90. The Balaban J connectivity index is 1.74. The van der Waals surface area contributed by atoms with Gasteiger partial charge >= 0.3 is 0 Å². The Bertz CT molecular complexity index is 980. The van der Waals surface area contributed by atoms with Crippen LogP contribution >= 0.6 is 23.2 Å². The number of benzene rings is 2. The van der Waals surface area contributed by atoms with Gasteiger partial charge in [0.2, 0.25) is 11.8 Å². The number of hydrogen-bond donors (Lipinski definition) is 1. The van der Waals surface area contributed by atoms with E-state index in [-0.39, 0.29) is 30.8 Å². The van der Waals surface area contributed by atoms with Crippen LogP contribution in [0.4, 0.5) is 0 Å². The SMILES string of the molecule is CC(C)NC(=O)[C@@H](C)N(Cc1ccc(Cl)c(Cl)c1)C(=O)CCc1ccc2c(c1)OCCO2. The predicted molar refractivity (Wildman–Crippen MR) is 126 cm³/mol. The van der Waals surface area contributed by atoms with Crippen LogP contribution in [0.5, 0.6) is 11.5 Å². The molecule has 0 unspecified atom stereocenters. The number of hydrogen-bond acceptors (Lipinski definition) is 4. The summed E-state index contributed by atoms with van der Waals surface area (Å²) in [6.07, 6.45) is 0.770. The van der Waals surface area contributed by atoms with Crippen molar-refractivity contribution in [3.63, 3.8) is 0 Å². The second kappa shape index (κ2) is 10.9. The second-order valence-electron chi connectivity index (χ2n) is 8.09. The first-order chi connectivity index (χ1) is 15.2. The van der Waals surface area contributed by atoms with E-state index in [1.54, 1.807) is 24.0 Å². The zero-order valence-electron chi connectivity index (χ0n) is 18.5. The fourth-order valence-corrected chi connectivity index (χ4v) is 3.78. The Morgan fingerprint density at radius 1 is 0.969 bits per heavy atom. The number of carbonyl (C=O) groups is 2. The lowest BCUT2D eigenvalue weighted by Gasteiger charge is -2.29. The van der Waals surface area contributed by atoms with Crippen LogP contribution in [0.1, 0.15) is 38.3 Å². The summed E-state index contributed by atoms with van der Waals surface area (Å²) in [6.45, 7) is 6.80. The summed E-state index contributed by atoms with van der Waals surface area (Å²) in [6, 6.07) is 10.2. The molecule has 1 atom stereocenters. The van der Waals surface area contributed by atoms with E-state index in [1.807, 2.05) is 38.1 Å². The normalized spacial score (nSPS) is 13.6. The number of fused-ring (bicyclic) bond motifs is 1. The Morgan fingerprint density at radius 2 is 1.66 bits per heavy atom. The molecule has 2 aromatic rings. The maximum absolute atomic E-state index is 13.2. The number of amides is 2. The standard InChI is InChI=1S/C24H28Cl2N2O4/c1-15(2)27-24(30)16(3)28(14-18-4-7-19(25)20(26)12-18)23(29)9-6-17-5-8-21-22(13-17)32-11-10-31-21/h4-5,7-8,12-13,15-16H,6,9-11,14H2,1-3H3,(H,27,30)/t16-/m1/s1. The molecule has 1 heterocycles. The van der Waals surface area contributed by atoms with Crippen LogP contribution in [-0.2, 0) is 22.6 Å². The van der Waals surface area contributed by atoms with Crippen LogP contribution in [-0.4, -0.2) is 42.0 Å². The summed E-state index contributed by atoms with van der Waals surface area (Å²) in [5.74, 6) is 1.08. The van der Waals surface area contributed by atoms with Crippen molar-refractivity contribution in [1.29, 1.82) is 0 Å². The molecule has 2 aromatic carbocycles. The van der Waals surface area contributed by atoms with Crippen molar-refractivity contribution in [3.05, 3.63) is 57.6 Å². The van der Waals surface area contributed by atoms with Gasteiger partial charge in [-0.2, -0.15) is 0 Å². The van der Waals surface area contributed by atoms with Gasteiger partial charge in [0.25, 0.3) is 0 Å². The molecule has 172 valence electrons. The number of aryl methyl sites for hydroxylation is 1. The molecule has 0 aromatic heterocycles. The van der Waals surface area contributed by atoms with Crippen molar-refractivity contribution in [2.75, 3.05) is 13.2 Å². The molecule has 0 radical (unpaired) electrons. The maximum atomic E-state index is 13.2. The summed E-state index contributed by atoms with van der Waals surface area (Å²) in [5, 5.41) is 3.73. The monoisotopic (exact) mass is 478 g/mol. The van der Waals surface area contributed by atoms with Crippen LogP contribution in [0, 0.1) is 0 Å². The average molecular weight is 479 g/mol. The Labute approximate surface area is 198 Å². The van der Waals surface area contributed by atoms with E-state index in [9.17, 15) is 9.59 Å². The van der Waals surface area contributed by atoms with Crippen LogP contribution in [0.25, 0.3) is 0 Å². The molecule has 0 saturated heterocycles. The molecule has 0 saturated carbocycles. The van der Waals surface area contributed by atoms with Gasteiger partial charge in [-0.25, -0.2) is 0 Å². The molecule has 1 aliphatic heterocycles. The fourth-order valence-electron chi connectivity index (χ4n) is 3.46. The van der Waals surface area contributed by atoms with Crippen molar-refractivity contribution < 1.29 is 19.1 Å². The van der Waals surface area contributed by atoms with Gasteiger partial charge in [0.05, 0.1) is 10.0 Å². The minimum Gasteiger partial charge on any atom is -0.486 e. The fraction of sp³-hybridized carbons (Fsp3) is 0.417. The molecule has 3 rings (SSSR count). The number of carbonyl (C=O) groups excluding carboxylic acids is 2. The number of nitrogens with zero attached hydrogens (tertiary/aromatic N) is 1. The van der Waals surface area contributed by atoms with Crippen LogP contribution in [0.3, 0.4) is 0 Å². The largest absolute Gasteiger partial charge is 0.486 e.